The van der Waals surface area contributed by atoms with E-state index < -0.39 is 10.0 Å². The van der Waals surface area contributed by atoms with Gasteiger partial charge in [-0.2, -0.15) is 0 Å². The van der Waals surface area contributed by atoms with E-state index in [-0.39, 0.29) is 10.3 Å². The zero-order valence-electron chi connectivity index (χ0n) is 21.0. The van der Waals surface area contributed by atoms with Gasteiger partial charge in [0.15, 0.2) is 5.82 Å². The summed E-state index contributed by atoms with van der Waals surface area (Å²) in [5.74, 6) is 2.99. The maximum absolute atomic E-state index is 12.6. The highest BCUT2D eigenvalue weighted by Crippen LogP contribution is 2.39. The normalized spacial score (nSPS) is 19.9. The lowest BCUT2D eigenvalue weighted by molar-refractivity contribution is 0.310. The van der Waals surface area contributed by atoms with Crippen molar-refractivity contribution in [2.45, 2.75) is 51.5 Å². The van der Waals surface area contributed by atoms with Crippen molar-refractivity contribution in [1.82, 2.24) is 19.4 Å². The van der Waals surface area contributed by atoms with Gasteiger partial charge in [0, 0.05) is 42.2 Å². The topological polar surface area (TPSA) is 101 Å². The highest BCUT2D eigenvalue weighted by Gasteiger charge is 2.34. The van der Waals surface area contributed by atoms with Gasteiger partial charge in [-0.1, -0.05) is 19.9 Å². The summed E-state index contributed by atoms with van der Waals surface area (Å²) in [5, 5.41) is 0. The largest absolute Gasteiger partial charge is 0.491 e. The first-order valence-corrected chi connectivity index (χ1v) is 13.7. The number of hydrogen-bond acceptors (Lipinski definition) is 8. The van der Waals surface area contributed by atoms with Gasteiger partial charge in [-0.3, -0.25) is 5.43 Å². The fraction of sp³-hybridized carbons (Fsp3) is 0.423. The van der Waals surface area contributed by atoms with Gasteiger partial charge in [0.25, 0.3) is 10.0 Å². The van der Waals surface area contributed by atoms with E-state index >= 15 is 0 Å². The number of nitrogens with one attached hydrogen (secondary N) is 1. The molecule has 3 aromatic rings. The first kappa shape index (κ1) is 23.2. The summed E-state index contributed by atoms with van der Waals surface area (Å²) < 4.78 is 32.4. The number of sulfonamides is 1. The molecule has 36 heavy (non-hydrogen) atoms. The number of hydrazine groups is 1. The van der Waals surface area contributed by atoms with E-state index in [4.69, 9.17) is 14.7 Å². The molecule has 188 valence electrons. The van der Waals surface area contributed by atoms with Gasteiger partial charge < -0.3 is 9.64 Å². The summed E-state index contributed by atoms with van der Waals surface area (Å²) in [6, 6.07) is 7.66. The van der Waals surface area contributed by atoms with Crippen LogP contribution in [-0.2, 0) is 29.4 Å². The Kier molecular flexibility index (Phi) is 5.24. The number of fused-ring (bicyclic) bond motifs is 3. The number of nitrogens with zero attached hydrogens (tertiary/aromatic N) is 5. The molecule has 0 saturated carbocycles. The molecule has 0 saturated heterocycles. The Morgan fingerprint density at radius 2 is 1.97 bits per heavy atom. The fourth-order valence-electron chi connectivity index (χ4n) is 5.31. The van der Waals surface area contributed by atoms with Crippen LogP contribution in [-0.4, -0.2) is 48.0 Å². The van der Waals surface area contributed by atoms with Gasteiger partial charge in [-0.05, 0) is 55.4 Å². The summed E-state index contributed by atoms with van der Waals surface area (Å²) in [5.41, 5.74) is 8.08. The van der Waals surface area contributed by atoms with Gasteiger partial charge >= 0.3 is 0 Å². The fourth-order valence-corrected chi connectivity index (χ4v) is 6.43. The predicted octanol–water partition coefficient (Wildman–Crippen LogP) is 3.72. The summed E-state index contributed by atoms with van der Waals surface area (Å²) in [6.07, 6.45) is 4.76. The van der Waals surface area contributed by atoms with Crippen LogP contribution in [0.4, 0.5) is 11.6 Å². The molecule has 0 amide bonds. The minimum atomic E-state index is -3.59. The second-order valence-corrected chi connectivity index (χ2v) is 12.5. The third-order valence-corrected chi connectivity index (χ3v) is 8.98. The number of benzene rings is 1. The Labute approximate surface area is 211 Å². The molecule has 1 aliphatic carbocycles. The second-order valence-electron chi connectivity index (χ2n) is 10.6. The standard InChI is InChI=1S/C26H30N6O3S/c1-16-28-21-7-8-26(2,3)13-20(21)25(29-16)32-9-10-35-22-6-5-17(11-19(22)15-32)18-12-23-24(27-14-18)30-31(4)36(23,33)34/h5-6,11-12,14H,7-10,13,15H2,1-4H3,(H,27,30). The highest BCUT2D eigenvalue weighted by molar-refractivity contribution is 7.89. The second kappa shape index (κ2) is 8.14. The van der Waals surface area contributed by atoms with Crippen LogP contribution in [0.3, 0.4) is 0 Å². The van der Waals surface area contributed by atoms with Crippen molar-refractivity contribution < 1.29 is 13.2 Å². The number of ether oxygens (including phenoxy) is 1. The Morgan fingerprint density at radius 3 is 2.81 bits per heavy atom. The van der Waals surface area contributed by atoms with Crippen LogP contribution in [0.5, 0.6) is 5.75 Å². The first-order valence-electron chi connectivity index (χ1n) is 12.2. The Balaban J connectivity index is 1.37. The van der Waals surface area contributed by atoms with E-state index in [9.17, 15) is 8.42 Å². The van der Waals surface area contributed by atoms with Gasteiger partial charge in [-0.25, -0.2) is 23.4 Å². The average molecular weight is 507 g/mol. The van der Waals surface area contributed by atoms with Crippen LogP contribution in [0.25, 0.3) is 11.1 Å². The van der Waals surface area contributed by atoms with E-state index in [0.29, 0.717) is 19.0 Å². The maximum Gasteiger partial charge on any atom is 0.263 e. The van der Waals surface area contributed by atoms with E-state index in [2.05, 4.69) is 35.2 Å². The Hall–Kier alpha value is -3.24. The van der Waals surface area contributed by atoms with Crippen LogP contribution >= 0.6 is 0 Å². The first-order chi connectivity index (χ1) is 17.1. The molecule has 2 aromatic heterocycles. The summed E-state index contributed by atoms with van der Waals surface area (Å²) in [4.78, 5) is 16.5. The zero-order valence-corrected chi connectivity index (χ0v) is 21.8. The van der Waals surface area contributed by atoms with E-state index in [1.165, 1.54) is 18.3 Å². The molecular weight excluding hydrogens is 476 g/mol. The molecule has 0 bridgehead atoms. The van der Waals surface area contributed by atoms with Crippen molar-refractivity contribution in [2.24, 2.45) is 5.41 Å². The summed E-state index contributed by atoms with van der Waals surface area (Å²) in [6.45, 7) is 8.52. The molecule has 1 N–H and O–H groups in total. The highest BCUT2D eigenvalue weighted by atomic mass is 32.2. The van der Waals surface area contributed by atoms with Crippen LogP contribution in [0.15, 0.2) is 35.4 Å². The number of rotatable bonds is 2. The van der Waals surface area contributed by atoms with E-state index in [1.807, 2.05) is 19.1 Å². The summed E-state index contributed by atoms with van der Waals surface area (Å²) in [7, 11) is -2.12. The number of aromatic nitrogens is 3. The molecule has 0 radical (unpaired) electrons. The minimum Gasteiger partial charge on any atom is -0.491 e. The van der Waals surface area contributed by atoms with Crippen LogP contribution in [0.1, 0.15) is 42.9 Å². The molecule has 0 fully saturated rings. The van der Waals surface area contributed by atoms with Crippen molar-refractivity contribution >= 4 is 21.7 Å². The molecule has 0 spiro atoms. The molecule has 2 aliphatic heterocycles. The molecule has 6 rings (SSSR count). The lowest BCUT2D eigenvalue weighted by Gasteiger charge is -2.34. The lowest BCUT2D eigenvalue weighted by atomic mass is 9.76. The quantitative estimate of drug-likeness (QED) is 0.561. The smallest absolute Gasteiger partial charge is 0.263 e. The SMILES string of the molecule is Cc1nc2c(c(N3CCOc4ccc(-c5cnc6c(c5)S(=O)(=O)N(C)N6)cc4C3)n1)CC(C)(C)CC2. The summed E-state index contributed by atoms with van der Waals surface area (Å²) >= 11 is 0. The molecule has 10 heteroatoms. The van der Waals surface area contributed by atoms with Crippen molar-refractivity contribution in [2.75, 3.05) is 30.5 Å². The molecule has 0 unspecified atom stereocenters. The maximum atomic E-state index is 12.6. The van der Waals surface area contributed by atoms with Gasteiger partial charge in [0.1, 0.15) is 28.9 Å². The minimum absolute atomic E-state index is 0.182. The van der Waals surface area contributed by atoms with E-state index in [0.717, 1.165) is 64.3 Å². The number of aryl methyl sites for hydroxylation is 2. The van der Waals surface area contributed by atoms with E-state index in [1.54, 1.807) is 12.3 Å². The lowest BCUT2D eigenvalue weighted by Crippen LogP contribution is -2.31. The number of anilines is 2. The van der Waals surface area contributed by atoms with Crippen LogP contribution < -0.4 is 15.1 Å². The third-order valence-electron chi connectivity index (χ3n) is 7.30. The number of hydrogen-bond donors (Lipinski definition) is 1. The molecule has 4 heterocycles. The van der Waals surface area contributed by atoms with Gasteiger partial charge in [0.05, 0.1) is 6.54 Å². The van der Waals surface area contributed by atoms with Crippen molar-refractivity contribution in [3.8, 4) is 16.9 Å². The molecule has 0 atom stereocenters. The van der Waals surface area contributed by atoms with Crippen LogP contribution in [0, 0.1) is 12.3 Å². The van der Waals surface area contributed by atoms with Gasteiger partial charge in [0.2, 0.25) is 0 Å². The van der Waals surface area contributed by atoms with Crippen molar-refractivity contribution in [1.29, 1.82) is 0 Å². The Bertz CT molecular complexity index is 1490. The monoisotopic (exact) mass is 506 g/mol. The third kappa shape index (κ3) is 3.88. The average Bonchev–Trinajstić information content (AvgIpc) is 2.97. The Morgan fingerprint density at radius 1 is 1.14 bits per heavy atom. The van der Waals surface area contributed by atoms with Gasteiger partial charge in [-0.15, -0.1) is 4.41 Å². The predicted molar refractivity (Wildman–Crippen MR) is 137 cm³/mol. The van der Waals surface area contributed by atoms with Crippen molar-refractivity contribution in [3.05, 3.63) is 53.1 Å². The molecule has 3 aliphatic rings. The zero-order chi connectivity index (χ0) is 25.2. The van der Waals surface area contributed by atoms with Crippen molar-refractivity contribution in [3.63, 3.8) is 0 Å². The number of pyridine rings is 1. The molecular formula is C26H30N6O3S. The molecule has 9 nitrogen and oxygen atoms in total. The molecule has 1 aromatic carbocycles. The van der Waals surface area contributed by atoms with Crippen LogP contribution in [0.2, 0.25) is 0 Å².